The molecule has 2 aromatic rings. The van der Waals surface area contributed by atoms with Crippen molar-refractivity contribution in [2.24, 2.45) is 0 Å². The Kier molecular flexibility index (Phi) is 4.08. The molecule has 18 heavy (non-hydrogen) atoms. The molecule has 0 atom stereocenters. The highest BCUT2D eigenvalue weighted by molar-refractivity contribution is 7.99. The number of benzene rings is 1. The minimum atomic E-state index is -2.40. The van der Waals surface area contributed by atoms with E-state index >= 15 is 0 Å². The summed E-state index contributed by atoms with van der Waals surface area (Å²) in [5, 5.41) is 0. The molecule has 1 aromatic heterocycles. The number of H-pyrrole nitrogens is 1. The van der Waals surface area contributed by atoms with E-state index in [1.54, 1.807) is 24.3 Å². The normalized spacial score (nSPS) is 10.9. The minimum Gasteiger partial charge on any atom is -0.335 e. The van der Waals surface area contributed by atoms with Crippen LogP contribution in [0.5, 0.6) is 0 Å². The van der Waals surface area contributed by atoms with Crippen LogP contribution in [0.3, 0.4) is 0 Å². The summed E-state index contributed by atoms with van der Waals surface area (Å²) in [5.41, 5.74) is 2.51. The second-order valence-electron chi connectivity index (χ2n) is 3.66. The van der Waals surface area contributed by atoms with Gasteiger partial charge in [-0.2, -0.15) is 8.78 Å². The molecule has 0 spiro atoms. The Hall–Kier alpha value is -1.27. The zero-order valence-corrected chi connectivity index (χ0v) is 11.1. The van der Waals surface area contributed by atoms with Gasteiger partial charge in [0.15, 0.2) is 4.77 Å². The van der Waals surface area contributed by atoms with Gasteiger partial charge in [-0.3, -0.25) is 0 Å². The molecule has 0 bridgehead atoms. The summed E-state index contributed by atoms with van der Waals surface area (Å²) in [7, 11) is 0. The summed E-state index contributed by atoms with van der Waals surface area (Å²) in [6, 6.07) is 8.71. The van der Waals surface area contributed by atoms with Crippen molar-refractivity contribution in [3.63, 3.8) is 0 Å². The largest absolute Gasteiger partial charge is 0.335 e. The number of rotatable bonds is 3. The number of aryl methyl sites for hydroxylation is 1. The van der Waals surface area contributed by atoms with E-state index < -0.39 is 5.76 Å². The summed E-state index contributed by atoms with van der Waals surface area (Å²) in [6.45, 7) is 1.89. The van der Waals surface area contributed by atoms with E-state index in [1.165, 1.54) is 0 Å². The lowest BCUT2D eigenvalue weighted by atomic mass is 10.1. The summed E-state index contributed by atoms with van der Waals surface area (Å²) in [5.74, 6) is -2.40. The van der Waals surface area contributed by atoms with E-state index in [2.05, 4.69) is 9.97 Å². The average molecular weight is 284 g/mol. The highest BCUT2D eigenvalue weighted by Gasteiger charge is 2.06. The molecule has 0 amide bonds. The number of thioether (sulfide) groups is 1. The van der Waals surface area contributed by atoms with Crippen LogP contribution in [-0.2, 0) is 0 Å². The lowest BCUT2D eigenvalue weighted by Crippen LogP contribution is -1.90. The Labute approximate surface area is 112 Å². The molecule has 0 saturated carbocycles. The number of hydrogen-bond donors (Lipinski definition) is 1. The molecule has 1 heterocycles. The molecule has 0 aliphatic carbocycles. The van der Waals surface area contributed by atoms with Crippen LogP contribution in [0, 0.1) is 11.7 Å². The van der Waals surface area contributed by atoms with Gasteiger partial charge in [-0.1, -0.05) is 23.9 Å². The van der Waals surface area contributed by atoms with Crippen molar-refractivity contribution in [2.75, 3.05) is 0 Å². The van der Waals surface area contributed by atoms with Gasteiger partial charge in [0, 0.05) is 16.2 Å². The first-order chi connectivity index (χ1) is 8.54. The van der Waals surface area contributed by atoms with Gasteiger partial charge < -0.3 is 4.98 Å². The number of aromatic amines is 1. The molecule has 0 unspecified atom stereocenters. The van der Waals surface area contributed by atoms with Gasteiger partial charge in [0.2, 0.25) is 0 Å². The van der Waals surface area contributed by atoms with Crippen molar-refractivity contribution in [3.8, 4) is 11.3 Å². The van der Waals surface area contributed by atoms with Gasteiger partial charge in [-0.25, -0.2) is 4.98 Å². The Bertz CT molecular complexity index is 594. The second kappa shape index (κ2) is 5.58. The third-order valence-corrected chi connectivity index (χ3v) is 3.17. The van der Waals surface area contributed by atoms with Gasteiger partial charge >= 0.3 is 0 Å². The van der Waals surface area contributed by atoms with E-state index in [-0.39, 0.29) is 0 Å². The molecule has 2 rings (SSSR count). The predicted octanol–water partition coefficient (Wildman–Crippen LogP) is 4.43. The van der Waals surface area contributed by atoms with Crippen molar-refractivity contribution in [3.05, 3.63) is 40.8 Å². The molecular formula is C12H10F2N2S2. The topological polar surface area (TPSA) is 28.7 Å². The van der Waals surface area contributed by atoms with Crippen molar-refractivity contribution >= 4 is 24.0 Å². The smallest absolute Gasteiger partial charge is 0.288 e. The number of nitrogens with zero attached hydrogens (tertiary/aromatic N) is 1. The molecular weight excluding hydrogens is 274 g/mol. The second-order valence-corrected chi connectivity index (χ2v) is 5.11. The first-order valence-electron chi connectivity index (χ1n) is 5.18. The summed E-state index contributed by atoms with van der Waals surface area (Å²) < 4.78 is 24.8. The predicted molar refractivity (Wildman–Crippen MR) is 71.5 cm³/mol. The maximum Gasteiger partial charge on any atom is 0.288 e. The molecule has 1 N–H and O–H groups in total. The third-order valence-electron chi connectivity index (χ3n) is 2.25. The minimum absolute atomic E-state index is 0.413. The SMILES string of the molecule is Cc1cc(-c2ccc(SC(F)F)cc2)nc(=S)[nH]1. The van der Waals surface area contributed by atoms with Crippen LogP contribution in [0.4, 0.5) is 8.78 Å². The van der Waals surface area contributed by atoms with Crippen LogP contribution >= 0.6 is 24.0 Å². The zero-order chi connectivity index (χ0) is 13.1. The summed E-state index contributed by atoms with van der Waals surface area (Å²) in [4.78, 5) is 7.65. The third kappa shape index (κ3) is 3.36. The van der Waals surface area contributed by atoms with Gasteiger partial charge in [0.05, 0.1) is 5.69 Å². The molecule has 0 aliphatic heterocycles. The zero-order valence-electron chi connectivity index (χ0n) is 9.48. The first-order valence-corrected chi connectivity index (χ1v) is 6.46. The van der Waals surface area contributed by atoms with Crippen LogP contribution in [0.25, 0.3) is 11.3 Å². The van der Waals surface area contributed by atoms with Crippen LogP contribution in [-0.4, -0.2) is 15.7 Å². The Morgan fingerprint density at radius 3 is 2.50 bits per heavy atom. The van der Waals surface area contributed by atoms with Crippen LogP contribution in [0.2, 0.25) is 0 Å². The average Bonchev–Trinajstić information content (AvgIpc) is 2.27. The van der Waals surface area contributed by atoms with Crippen LogP contribution in [0.1, 0.15) is 5.69 Å². The molecule has 2 nitrogen and oxygen atoms in total. The van der Waals surface area contributed by atoms with E-state index in [4.69, 9.17) is 12.2 Å². The number of hydrogen-bond acceptors (Lipinski definition) is 3. The van der Waals surface area contributed by atoms with Gasteiger partial charge in [0.25, 0.3) is 5.76 Å². The fourth-order valence-electron chi connectivity index (χ4n) is 1.53. The van der Waals surface area contributed by atoms with Crippen molar-refractivity contribution in [1.29, 1.82) is 0 Å². The number of halogens is 2. The van der Waals surface area contributed by atoms with Gasteiger partial charge in [0.1, 0.15) is 0 Å². The maximum atomic E-state index is 12.2. The van der Waals surface area contributed by atoms with E-state index in [9.17, 15) is 8.78 Å². The van der Waals surface area contributed by atoms with Gasteiger partial charge in [-0.15, -0.1) is 0 Å². The Morgan fingerprint density at radius 1 is 1.28 bits per heavy atom. The quantitative estimate of drug-likeness (QED) is 0.667. The Balaban J connectivity index is 2.31. The van der Waals surface area contributed by atoms with Crippen LogP contribution < -0.4 is 0 Å². The molecule has 0 aliphatic rings. The van der Waals surface area contributed by atoms with E-state index in [0.717, 1.165) is 17.0 Å². The summed E-state index contributed by atoms with van der Waals surface area (Å²) >= 11 is 5.53. The molecule has 0 saturated heterocycles. The molecule has 0 fully saturated rings. The van der Waals surface area contributed by atoms with Crippen LogP contribution in [0.15, 0.2) is 35.2 Å². The lowest BCUT2D eigenvalue weighted by molar-refractivity contribution is 0.252. The van der Waals surface area contributed by atoms with Crippen molar-refractivity contribution < 1.29 is 8.78 Å². The number of nitrogens with one attached hydrogen (secondary N) is 1. The lowest BCUT2D eigenvalue weighted by Gasteiger charge is -2.04. The number of aromatic nitrogens is 2. The fourth-order valence-corrected chi connectivity index (χ4v) is 2.29. The highest BCUT2D eigenvalue weighted by Crippen LogP contribution is 2.27. The maximum absolute atomic E-state index is 12.2. The molecule has 1 aromatic carbocycles. The number of alkyl halides is 2. The highest BCUT2D eigenvalue weighted by atomic mass is 32.2. The first kappa shape index (κ1) is 13.2. The van der Waals surface area contributed by atoms with Gasteiger partial charge in [-0.05, 0) is 37.3 Å². The van der Waals surface area contributed by atoms with E-state index in [1.807, 2.05) is 13.0 Å². The molecule has 0 radical (unpaired) electrons. The fraction of sp³-hybridized carbons (Fsp3) is 0.167. The Morgan fingerprint density at radius 2 is 1.94 bits per heavy atom. The molecule has 94 valence electrons. The molecule has 6 heteroatoms. The standard InChI is InChI=1S/C12H10F2N2S2/c1-7-6-10(16-12(17)15-7)8-2-4-9(5-3-8)18-11(13)14/h2-6,11H,1H3,(H,15,16,17). The van der Waals surface area contributed by atoms with Crippen molar-refractivity contribution in [2.45, 2.75) is 17.6 Å². The van der Waals surface area contributed by atoms with E-state index in [0.29, 0.717) is 21.4 Å². The monoisotopic (exact) mass is 284 g/mol. The summed E-state index contributed by atoms with van der Waals surface area (Å²) in [6.07, 6.45) is 0. The van der Waals surface area contributed by atoms with Crippen molar-refractivity contribution in [1.82, 2.24) is 9.97 Å².